The second kappa shape index (κ2) is 8.68. The Bertz CT molecular complexity index is 1560. The summed E-state index contributed by atoms with van der Waals surface area (Å²) in [6.07, 6.45) is 6.99. The number of fused-ring (bicyclic) bond motifs is 2. The molecule has 0 saturated heterocycles. The average Bonchev–Trinajstić information content (AvgIpc) is 2.90. The fourth-order valence-electron chi connectivity index (χ4n) is 5.23. The van der Waals surface area contributed by atoms with Crippen molar-refractivity contribution in [3.05, 3.63) is 125 Å². The fourth-order valence-corrected chi connectivity index (χ4v) is 5.23. The molecule has 0 unspecified atom stereocenters. The van der Waals surface area contributed by atoms with Crippen molar-refractivity contribution in [2.24, 2.45) is 0 Å². The third-order valence-electron chi connectivity index (χ3n) is 6.79. The molecule has 164 valence electrons. The predicted molar refractivity (Wildman–Crippen MR) is 146 cm³/mol. The lowest BCUT2D eigenvalue weighted by molar-refractivity contribution is 1.11. The van der Waals surface area contributed by atoms with E-state index in [1.54, 1.807) is 0 Å². The predicted octanol–water partition coefficient (Wildman–Crippen LogP) is 7.64. The van der Waals surface area contributed by atoms with Crippen LogP contribution in [-0.4, -0.2) is 0 Å². The first-order valence-electron chi connectivity index (χ1n) is 12.0. The molecule has 1 heteroatoms. The summed E-state index contributed by atoms with van der Waals surface area (Å²) >= 11 is 0. The van der Waals surface area contributed by atoms with E-state index in [-0.39, 0.29) is 0 Å². The van der Waals surface area contributed by atoms with E-state index in [0.29, 0.717) is 0 Å². The van der Waals surface area contributed by atoms with Crippen LogP contribution in [0.1, 0.15) is 18.4 Å². The quantitative estimate of drug-likeness (QED) is 0.279. The van der Waals surface area contributed by atoms with E-state index in [9.17, 15) is 0 Å². The summed E-state index contributed by atoms with van der Waals surface area (Å²) in [6, 6.07) is 39.3. The van der Waals surface area contributed by atoms with Gasteiger partial charge in [0, 0.05) is 16.9 Å². The van der Waals surface area contributed by atoms with Crippen molar-refractivity contribution in [1.82, 2.24) is 0 Å². The lowest BCUT2D eigenvalue weighted by Gasteiger charge is -2.29. The molecular formula is C33H27N. The molecule has 0 aliphatic heterocycles. The Morgan fingerprint density at radius 1 is 0.559 bits per heavy atom. The molecule has 5 aromatic carbocycles. The molecule has 0 N–H and O–H groups in total. The highest BCUT2D eigenvalue weighted by molar-refractivity contribution is 6.03. The minimum absolute atomic E-state index is 1.07. The van der Waals surface area contributed by atoms with Crippen molar-refractivity contribution in [3.63, 3.8) is 0 Å². The molecule has 0 spiro atoms. The standard InChI is InChI=1S/C33H27N/c1-24-20-21-25-12-8-10-18-29(25)32(24)33-30-19-11-9-13-26(30)22-23-31(33)34(27-14-4-2-5-15-27)28-16-6-3-7-17-28/h2-8,10,12-23H,9,11H2,1H3. The molecule has 0 atom stereocenters. The van der Waals surface area contributed by atoms with Crippen LogP contribution >= 0.6 is 0 Å². The van der Waals surface area contributed by atoms with Gasteiger partial charge in [-0.05, 0) is 82.4 Å². The topological polar surface area (TPSA) is 3.24 Å². The van der Waals surface area contributed by atoms with Gasteiger partial charge in [0.15, 0.2) is 0 Å². The molecule has 0 saturated carbocycles. The van der Waals surface area contributed by atoms with E-state index in [4.69, 9.17) is 0 Å². The van der Waals surface area contributed by atoms with Crippen molar-refractivity contribution < 1.29 is 0 Å². The van der Waals surface area contributed by atoms with Crippen LogP contribution in [0, 0.1) is 6.92 Å². The molecule has 0 aromatic heterocycles. The van der Waals surface area contributed by atoms with Gasteiger partial charge in [0.05, 0.1) is 5.69 Å². The van der Waals surface area contributed by atoms with Crippen molar-refractivity contribution in [2.75, 3.05) is 4.90 Å². The highest BCUT2D eigenvalue weighted by Crippen LogP contribution is 2.41. The molecule has 1 aliphatic carbocycles. The van der Waals surface area contributed by atoms with Gasteiger partial charge in [0.1, 0.15) is 0 Å². The lowest BCUT2D eigenvalue weighted by Crippen LogP contribution is -2.30. The number of benzene rings is 5. The fraction of sp³-hybridized carbons (Fsp3) is 0.0909. The molecule has 0 heterocycles. The molecule has 0 fully saturated rings. The lowest BCUT2D eigenvalue weighted by atomic mass is 9.89. The van der Waals surface area contributed by atoms with E-state index >= 15 is 0 Å². The SMILES string of the molecule is Cc1ccc2ccccc2c1-c1c(N(c2ccccc2)c2ccccc2)ccc2c1=CCCC=2. The van der Waals surface area contributed by atoms with E-state index in [1.807, 2.05) is 0 Å². The molecule has 6 rings (SSSR count). The van der Waals surface area contributed by atoms with Crippen molar-refractivity contribution in [2.45, 2.75) is 19.8 Å². The van der Waals surface area contributed by atoms with Gasteiger partial charge in [0.25, 0.3) is 0 Å². The Labute approximate surface area is 200 Å². The zero-order valence-electron chi connectivity index (χ0n) is 19.4. The summed E-state index contributed by atoms with van der Waals surface area (Å²) in [5.41, 5.74) is 7.47. The average molecular weight is 438 g/mol. The smallest absolute Gasteiger partial charge is 0.0546 e. The molecule has 5 aromatic rings. The first-order valence-corrected chi connectivity index (χ1v) is 12.0. The first kappa shape index (κ1) is 20.5. The van der Waals surface area contributed by atoms with Gasteiger partial charge in [-0.25, -0.2) is 0 Å². The summed E-state index contributed by atoms with van der Waals surface area (Å²) in [7, 11) is 0. The van der Waals surface area contributed by atoms with Crippen molar-refractivity contribution in [1.29, 1.82) is 0 Å². The monoisotopic (exact) mass is 437 g/mol. The summed E-state index contributed by atoms with van der Waals surface area (Å²) in [6.45, 7) is 2.24. The van der Waals surface area contributed by atoms with Crippen LogP contribution < -0.4 is 15.3 Å². The van der Waals surface area contributed by atoms with Crippen LogP contribution in [0.5, 0.6) is 0 Å². The maximum absolute atomic E-state index is 2.43. The molecule has 0 bridgehead atoms. The number of para-hydroxylation sites is 2. The van der Waals surface area contributed by atoms with E-state index < -0.39 is 0 Å². The first-order chi connectivity index (χ1) is 16.8. The molecule has 0 amide bonds. The van der Waals surface area contributed by atoms with E-state index in [0.717, 1.165) is 24.2 Å². The Morgan fingerprint density at radius 2 is 1.21 bits per heavy atom. The third-order valence-corrected chi connectivity index (χ3v) is 6.79. The summed E-state index contributed by atoms with van der Waals surface area (Å²) < 4.78 is 0. The minimum Gasteiger partial charge on any atom is -0.310 e. The molecule has 1 aliphatic rings. The second-order valence-corrected chi connectivity index (χ2v) is 8.93. The zero-order chi connectivity index (χ0) is 22.9. The van der Waals surface area contributed by atoms with Gasteiger partial charge in [-0.3, -0.25) is 0 Å². The Kier molecular flexibility index (Phi) is 5.24. The highest BCUT2D eigenvalue weighted by Gasteiger charge is 2.21. The van der Waals surface area contributed by atoms with E-state index in [1.165, 1.54) is 43.6 Å². The zero-order valence-corrected chi connectivity index (χ0v) is 19.4. The van der Waals surface area contributed by atoms with Gasteiger partial charge in [-0.15, -0.1) is 0 Å². The molecule has 1 nitrogen and oxygen atoms in total. The van der Waals surface area contributed by atoms with Crippen molar-refractivity contribution in [3.8, 4) is 11.1 Å². The van der Waals surface area contributed by atoms with Crippen molar-refractivity contribution >= 4 is 40.0 Å². The number of aryl methyl sites for hydroxylation is 1. The van der Waals surface area contributed by atoms with E-state index in [2.05, 4.69) is 133 Å². The molecule has 34 heavy (non-hydrogen) atoms. The molecule has 0 radical (unpaired) electrons. The van der Waals surface area contributed by atoms with Gasteiger partial charge in [0.2, 0.25) is 0 Å². The highest BCUT2D eigenvalue weighted by atomic mass is 15.1. The number of anilines is 3. The number of hydrogen-bond donors (Lipinski definition) is 0. The summed E-state index contributed by atoms with van der Waals surface area (Å²) in [5, 5.41) is 5.26. The van der Waals surface area contributed by atoms with Gasteiger partial charge in [-0.1, -0.05) is 91.0 Å². The van der Waals surface area contributed by atoms with Crippen LogP contribution in [-0.2, 0) is 0 Å². The third kappa shape index (κ3) is 3.50. The normalized spacial score (nSPS) is 12.5. The largest absolute Gasteiger partial charge is 0.310 e. The maximum atomic E-state index is 2.43. The van der Waals surface area contributed by atoms with Crippen LogP contribution in [0.15, 0.2) is 109 Å². The Hall–Kier alpha value is -4.10. The van der Waals surface area contributed by atoms with Gasteiger partial charge < -0.3 is 4.90 Å². The number of nitrogens with zero attached hydrogens (tertiary/aromatic N) is 1. The van der Waals surface area contributed by atoms with Gasteiger partial charge >= 0.3 is 0 Å². The summed E-state index contributed by atoms with van der Waals surface area (Å²) in [4.78, 5) is 2.40. The second-order valence-electron chi connectivity index (χ2n) is 8.93. The minimum atomic E-state index is 1.07. The van der Waals surface area contributed by atoms with Crippen LogP contribution in [0.3, 0.4) is 0 Å². The Morgan fingerprint density at radius 3 is 1.94 bits per heavy atom. The van der Waals surface area contributed by atoms with Crippen LogP contribution in [0.25, 0.3) is 34.1 Å². The summed E-state index contributed by atoms with van der Waals surface area (Å²) in [5.74, 6) is 0. The van der Waals surface area contributed by atoms with Crippen LogP contribution in [0.2, 0.25) is 0 Å². The van der Waals surface area contributed by atoms with Gasteiger partial charge in [-0.2, -0.15) is 0 Å². The number of hydrogen-bond acceptors (Lipinski definition) is 1. The van der Waals surface area contributed by atoms with Crippen LogP contribution in [0.4, 0.5) is 17.1 Å². The Balaban J connectivity index is 1.76. The maximum Gasteiger partial charge on any atom is 0.0546 e. The molecular weight excluding hydrogens is 410 g/mol. The number of rotatable bonds is 4.